The summed E-state index contributed by atoms with van der Waals surface area (Å²) in [7, 11) is 0. The molecule has 1 aliphatic rings. The van der Waals surface area contributed by atoms with Crippen molar-refractivity contribution in [1.82, 2.24) is 4.98 Å². The van der Waals surface area contributed by atoms with Gasteiger partial charge < -0.3 is 9.52 Å². The molecular weight excluding hydrogens is 214 g/mol. The van der Waals surface area contributed by atoms with Crippen molar-refractivity contribution in [2.75, 3.05) is 11.5 Å². The molecule has 1 atom stereocenters. The molecule has 0 radical (unpaired) electrons. The Morgan fingerprint density at radius 1 is 1.73 bits per heavy atom. The molecule has 1 fully saturated rings. The number of carboxylic acids is 1. The minimum atomic E-state index is -0.869. The van der Waals surface area contributed by atoms with Crippen LogP contribution in [0.25, 0.3) is 0 Å². The van der Waals surface area contributed by atoms with Gasteiger partial charge in [-0.15, -0.1) is 0 Å². The first-order valence-corrected chi connectivity index (χ1v) is 6.12. The van der Waals surface area contributed by atoms with Gasteiger partial charge in [-0.05, 0) is 23.8 Å². The second-order valence-corrected chi connectivity index (χ2v) is 4.89. The fourth-order valence-electron chi connectivity index (χ4n) is 1.67. The zero-order valence-electron chi connectivity index (χ0n) is 8.31. The zero-order chi connectivity index (χ0) is 10.7. The maximum absolute atomic E-state index is 10.4. The standard InChI is InChI=1S/C10H13NO3S/c12-10(13)4-8-5-14-9(11-8)3-7-1-2-15-6-7/h5,7H,1-4,6H2,(H,12,13). The van der Waals surface area contributed by atoms with Crippen LogP contribution in [-0.4, -0.2) is 27.6 Å². The second-order valence-electron chi connectivity index (χ2n) is 3.74. The molecule has 4 nitrogen and oxygen atoms in total. The second kappa shape index (κ2) is 4.70. The quantitative estimate of drug-likeness (QED) is 0.846. The number of hydrogen-bond acceptors (Lipinski definition) is 4. The van der Waals surface area contributed by atoms with E-state index in [2.05, 4.69) is 4.98 Å². The number of thioether (sulfide) groups is 1. The number of aliphatic carboxylic acids is 1. The Hall–Kier alpha value is -0.970. The fraction of sp³-hybridized carbons (Fsp3) is 0.600. The van der Waals surface area contributed by atoms with Crippen molar-refractivity contribution < 1.29 is 14.3 Å². The highest BCUT2D eigenvalue weighted by Gasteiger charge is 2.18. The molecule has 2 rings (SSSR count). The first kappa shape index (κ1) is 10.5. The number of hydrogen-bond donors (Lipinski definition) is 1. The molecule has 0 saturated carbocycles. The molecule has 1 aromatic rings. The number of rotatable bonds is 4. The molecule has 15 heavy (non-hydrogen) atoms. The molecule has 0 amide bonds. The van der Waals surface area contributed by atoms with Crippen LogP contribution in [0.5, 0.6) is 0 Å². The average Bonchev–Trinajstić information content (AvgIpc) is 2.77. The highest BCUT2D eigenvalue weighted by molar-refractivity contribution is 7.99. The van der Waals surface area contributed by atoms with Gasteiger partial charge >= 0.3 is 5.97 Å². The summed E-state index contributed by atoms with van der Waals surface area (Å²) in [5.41, 5.74) is 0.517. The van der Waals surface area contributed by atoms with Crippen LogP contribution >= 0.6 is 11.8 Å². The van der Waals surface area contributed by atoms with Gasteiger partial charge in [0, 0.05) is 6.42 Å². The van der Waals surface area contributed by atoms with E-state index in [1.54, 1.807) is 0 Å². The Morgan fingerprint density at radius 2 is 2.60 bits per heavy atom. The summed E-state index contributed by atoms with van der Waals surface area (Å²) in [5, 5.41) is 8.58. The molecule has 1 saturated heterocycles. The first-order chi connectivity index (χ1) is 7.24. The molecule has 1 N–H and O–H groups in total. The van der Waals surface area contributed by atoms with Gasteiger partial charge in [0.15, 0.2) is 5.89 Å². The number of carboxylic acid groups (broad SMARTS) is 1. The van der Waals surface area contributed by atoms with Gasteiger partial charge in [-0.1, -0.05) is 0 Å². The number of carbonyl (C=O) groups is 1. The van der Waals surface area contributed by atoms with E-state index in [-0.39, 0.29) is 6.42 Å². The Bertz CT molecular complexity index is 344. The van der Waals surface area contributed by atoms with Crippen molar-refractivity contribution in [2.45, 2.75) is 19.3 Å². The lowest BCUT2D eigenvalue weighted by atomic mass is 10.1. The molecule has 1 aromatic heterocycles. The molecule has 0 aliphatic carbocycles. The van der Waals surface area contributed by atoms with Crippen molar-refractivity contribution in [3.05, 3.63) is 17.8 Å². The van der Waals surface area contributed by atoms with Crippen LogP contribution in [0.1, 0.15) is 18.0 Å². The minimum absolute atomic E-state index is 0.0527. The van der Waals surface area contributed by atoms with E-state index in [1.807, 2.05) is 11.8 Å². The number of nitrogens with zero attached hydrogens (tertiary/aromatic N) is 1. The first-order valence-electron chi connectivity index (χ1n) is 4.97. The third-order valence-corrected chi connectivity index (χ3v) is 3.65. The molecule has 1 aliphatic heterocycles. The van der Waals surface area contributed by atoms with Gasteiger partial charge in [0.05, 0.1) is 12.1 Å². The highest BCUT2D eigenvalue weighted by atomic mass is 32.2. The van der Waals surface area contributed by atoms with Crippen LogP contribution in [0, 0.1) is 5.92 Å². The van der Waals surface area contributed by atoms with Gasteiger partial charge in [0.1, 0.15) is 6.26 Å². The molecule has 82 valence electrons. The largest absolute Gasteiger partial charge is 0.481 e. The molecule has 1 unspecified atom stereocenters. The van der Waals surface area contributed by atoms with E-state index in [0.717, 1.165) is 12.2 Å². The normalized spacial score (nSPS) is 20.7. The fourth-order valence-corrected chi connectivity index (χ4v) is 2.95. The third kappa shape index (κ3) is 2.99. The lowest BCUT2D eigenvalue weighted by Gasteiger charge is -2.02. The van der Waals surface area contributed by atoms with Crippen LogP contribution in [0.15, 0.2) is 10.7 Å². The predicted octanol–water partition coefficient (Wildman–Crippen LogP) is 1.60. The zero-order valence-corrected chi connectivity index (χ0v) is 9.13. The molecule has 0 bridgehead atoms. The van der Waals surface area contributed by atoms with E-state index in [9.17, 15) is 4.79 Å². The summed E-state index contributed by atoms with van der Waals surface area (Å²) in [6.45, 7) is 0. The molecule has 5 heteroatoms. The Labute approximate surface area is 92.1 Å². The lowest BCUT2D eigenvalue weighted by Crippen LogP contribution is -2.04. The Kier molecular flexibility index (Phi) is 3.30. The minimum Gasteiger partial charge on any atom is -0.481 e. The molecular formula is C10H13NO3S. The van der Waals surface area contributed by atoms with Gasteiger partial charge in [-0.2, -0.15) is 11.8 Å². The maximum atomic E-state index is 10.4. The topological polar surface area (TPSA) is 63.3 Å². The summed E-state index contributed by atoms with van der Waals surface area (Å²) in [4.78, 5) is 14.6. The SMILES string of the molecule is O=C(O)Cc1coc(CC2CCSC2)n1. The summed E-state index contributed by atoms with van der Waals surface area (Å²) in [5.74, 6) is 2.83. The average molecular weight is 227 g/mol. The molecule has 0 spiro atoms. The Balaban J connectivity index is 1.91. The molecule has 2 heterocycles. The summed E-state index contributed by atoms with van der Waals surface area (Å²) < 4.78 is 5.24. The van der Waals surface area contributed by atoms with Crippen molar-refractivity contribution >= 4 is 17.7 Å². The van der Waals surface area contributed by atoms with E-state index in [0.29, 0.717) is 17.5 Å². The van der Waals surface area contributed by atoms with Crippen molar-refractivity contribution in [2.24, 2.45) is 5.92 Å². The van der Waals surface area contributed by atoms with Gasteiger partial charge in [0.2, 0.25) is 0 Å². The van der Waals surface area contributed by atoms with Crippen LogP contribution in [-0.2, 0) is 17.6 Å². The van der Waals surface area contributed by atoms with E-state index in [1.165, 1.54) is 18.4 Å². The van der Waals surface area contributed by atoms with Crippen LogP contribution in [0.3, 0.4) is 0 Å². The van der Waals surface area contributed by atoms with E-state index < -0.39 is 5.97 Å². The monoisotopic (exact) mass is 227 g/mol. The van der Waals surface area contributed by atoms with E-state index >= 15 is 0 Å². The highest BCUT2D eigenvalue weighted by Crippen LogP contribution is 2.26. The van der Waals surface area contributed by atoms with Crippen molar-refractivity contribution in [1.29, 1.82) is 0 Å². The van der Waals surface area contributed by atoms with Crippen LogP contribution in [0.2, 0.25) is 0 Å². The summed E-state index contributed by atoms with van der Waals surface area (Å²) >= 11 is 1.96. The van der Waals surface area contributed by atoms with Crippen molar-refractivity contribution in [3.63, 3.8) is 0 Å². The smallest absolute Gasteiger partial charge is 0.309 e. The summed E-state index contributed by atoms with van der Waals surface area (Å²) in [6, 6.07) is 0. The lowest BCUT2D eigenvalue weighted by molar-refractivity contribution is -0.136. The summed E-state index contributed by atoms with van der Waals surface area (Å²) in [6.07, 6.45) is 3.45. The van der Waals surface area contributed by atoms with Gasteiger partial charge in [0.25, 0.3) is 0 Å². The van der Waals surface area contributed by atoms with Crippen LogP contribution in [0.4, 0.5) is 0 Å². The predicted molar refractivity (Wildman–Crippen MR) is 57.0 cm³/mol. The number of oxazole rings is 1. The van der Waals surface area contributed by atoms with Crippen LogP contribution < -0.4 is 0 Å². The number of aromatic nitrogens is 1. The van der Waals surface area contributed by atoms with E-state index in [4.69, 9.17) is 9.52 Å². The maximum Gasteiger partial charge on any atom is 0.309 e. The van der Waals surface area contributed by atoms with Gasteiger partial charge in [-0.25, -0.2) is 4.98 Å². The van der Waals surface area contributed by atoms with Crippen molar-refractivity contribution in [3.8, 4) is 0 Å². The molecule has 0 aromatic carbocycles. The van der Waals surface area contributed by atoms with Gasteiger partial charge in [-0.3, -0.25) is 4.79 Å². The Morgan fingerprint density at radius 3 is 3.27 bits per heavy atom. The third-order valence-electron chi connectivity index (χ3n) is 2.42.